The third kappa shape index (κ3) is 4.58. The van der Waals surface area contributed by atoms with E-state index in [-0.39, 0.29) is 32.2 Å². The van der Waals surface area contributed by atoms with Crippen LogP contribution in [-0.2, 0) is 4.74 Å². The van der Waals surface area contributed by atoms with Crippen molar-refractivity contribution in [3.05, 3.63) is 84.7 Å². The predicted molar refractivity (Wildman–Crippen MR) is 144 cm³/mol. The van der Waals surface area contributed by atoms with Gasteiger partial charge in [-0.2, -0.15) is 0 Å². The van der Waals surface area contributed by atoms with Gasteiger partial charge in [-0.05, 0) is 36.4 Å². The first kappa shape index (κ1) is 25.6. The highest BCUT2D eigenvalue weighted by Crippen LogP contribution is 2.41. The summed E-state index contributed by atoms with van der Waals surface area (Å²) < 4.78 is 16.0. The van der Waals surface area contributed by atoms with Crippen molar-refractivity contribution in [3.63, 3.8) is 0 Å². The molecule has 0 bridgehead atoms. The molecule has 12 heteroatoms. The second-order valence-corrected chi connectivity index (χ2v) is 9.52. The number of carbonyl (C=O) groups is 1. The quantitative estimate of drug-likeness (QED) is 0.148. The average molecular weight is 596 g/mol. The first-order valence-corrected chi connectivity index (χ1v) is 12.3. The lowest BCUT2D eigenvalue weighted by Crippen LogP contribution is -2.04. The van der Waals surface area contributed by atoms with Gasteiger partial charge in [0, 0.05) is 22.9 Å². The van der Waals surface area contributed by atoms with Crippen LogP contribution in [0.4, 0.5) is 0 Å². The molecule has 0 aliphatic rings. The zero-order valence-corrected chi connectivity index (χ0v) is 22.3. The summed E-state index contributed by atoms with van der Waals surface area (Å²) in [4.78, 5) is 16.9. The molecule has 0 aliphatic carbocycles. The van der Waals surface area contributed by atoms with Crippen molar-refractivity contribution < 1.29 is 18.6 Å². The van der Waals surface area contributed by atoms with Gasteiger partial charge in [0.05, 0.1) is 32.6 Å². The Labute approximate surface area is 234 Å². The molecular weight excluding hydrogens is 584 g/mol. The van der Waals surface area contributed by atoms with Crippen LogP contribution < -0.4 is 0 Å². The lowest BCUT2D eigenvalue weighted by molar-refractivity contribution is 0.0600. The zero-order valence-electron chi connectivity index (χ0n) is 18.6. The third-order valence-electron chi connectivity index (χ3n) is 5.40. The number of aromatic nitrogens is 3. The van der Waals surface area contributed by atoms with Gasteiger partial charge in [0.1, 0.15) is 22.1 Å². The van der Waals surface area contributed by atoms with Gasteiger partial charge < -0.3 is 13.8 Å². The molecule has 0 amide bonds. The summed E-state index contributed by atoms with van der Waals surface area (Å²) in [5, 5.41) is 10.0. The number of fused-ring (bicyclic) bond motifs is 1. The minimum absolute atomic E-state index is 0.0352. The molecule has 5 aromatic rings. The molecular formula is C25H12Cl5N3O4. The Balaban J connectivity index is 1.63. The molecule has 186 valence electrons. The van der Waals surface area contributed by atoms with E-state index in [4.69, 9.17) is 71.8 Å². The van der Waals surface area contributed by atoms with Gasteiger partial charge in [0.2, 0.25) is 0 Å². The molecule has 0 saturated carbocycles. The van der Waals surface area contributed by atoms with E-state index in [2.05, 4.69) is 15.3 Å². The molecule has 3 aromatic heterocycles. The largest absolute Gasteiger partial charge is 0.465 e. The van der Waals surface area contributed by atoms with Crippen LogP contribution in [0, 0.1) is 0 Å². The second kappa shape index (κ2) is 10.4. The number of ether oxygens (including phenoxy) is 1. The normalized spacial score (nSPS) is 11.5. The van der Waals surface area contributed by atoms with Crippen LogP contribution in [0.2, 0.25) is 25.2 Å². The predicted octanol–water partition coefficient (Wildman–Crippen LogP) is 8.77. The van der Waals surface area contributed by atoms with Gasteiger partial charge in [-0.1, -0.05) is 80.5 Å². The fourth-order valence-corrected chi connectivity index (χ4v) is 5.09. The maximum Gasteiger partial charge on any atom is 0.344 e. The van der Waals surface area contributed by atoms with Crippen molar-refractivity contribution in [1.82, 2.24) is 15.3 Å². The molecule has 0 N–H and O–H groups in total. The minimum Gasteiger partial charge on any atom is -0.465 e. The van der Waals surface area contributed by atoms with E-state index >= 15 is 0 Å². The Hall–Kier alpha value is -3.07. The molecule has 0 saturated heterocycles. The van der Waals surface area contributed by atoms with Gasteiger partial charge >= 0.3 is 5.97 Å². The van der Waals surface area contributed by atoms with E-state index in [0.29, 0.717) is 43.4 Å². The number of pyridine rings is 1. The van der Waals surface area contributed by atoms with E-state index < -0.39 is 5.97 Å². The van der Waals surface area contributed by atoms with E-state index in [9.17, 15) is 4.79 Å². The number of carbonyl (C=O) groups excluding carboxylic acids is 1. The molecule has 7 nitrogen and oxygen atoms in total. The molecule has 0 aliphatic heterocycles. The van der Waals surface area contributed by atoms with Crippen LogP contribution in [0.1, 0.15) is 21.7 Å². The molecule has 0 fully saturated rings. The maximum atomic E-state index is 12.7. The highest BCUT2D eigenvalue weighted by atomic mass is 35.5. The Kier molecular flexibility index (Phi) is 7.16. The standard InChI is InChI=1S/C25H12Cl5N3O4/c1-35-25(34)19-16(36-32-21(19)17-12(26)4-2-5-13(17)27)9-8-11-10-31-24(30)20-22(33-37-23(11)20)18-14(28)6-3-7-15(18)29/h2-10H,1H3. The molecule has 5 rings (SSSR count). The lowest BCUT2D eigenvalue weighted by atomic mass is 10.0. The summed E-state index contributed by atoms with van der Waals surface area (Å²) in [5.41, 5.74) is 2.09. The molecule has 3 heterocycles. The van der Waals surface area contributed by atoms with Crippen molar-refractivity contribution in [2.45, 2.75) is 0 Å². The van der Waals surface area contributed by atoms with Crippen LogP contribution in [0.5, 0.6) is 0 Å². The molecule has 0 atom stereocenters. The summed E-state index contributed by atoms with van der Waals surface area (Å²) in [6.45, 7) is 0. The number of nitrogens with zero attached hydrogens (tertiary/aromatic N) is 3. The zero-order chi connectivity index (χ0) is 26.3. The highest BCUT2D eigenvalue weighted by Gasteiger charge is 2.27. The third-order valence-corrected chi connectivity index (χ3v) is 6.95. The second-order valence-electron chi connectivity index (χ2n) is 7.53. The molecule has 0 spiro atoms. The Bertz CT molecular complexity index is 1670. The SMILES string of the molecule is COC(=O)c1c(-c2c(Cl)cccc2Cl)noc1C=Cc1cnc(Cl)c2c(-c3c(Cl)cccc3Cl)noc12. The van der Waals surface area contributed by atoms with Gasteiger partial charge in [0.25, 0.3) is 0 Å². The van der Waals surface area contributed by atoms with Gasteiger partial charge in [-0.3, -0.25) is 0 Å². The minimum atomic E-state index is -0.693. The summed E-state index contributed by atoms with van der Waals surface area (Å²) in [6, 6.07) is 9.98. The lowest BCUT2D eigenvalue weighted by Gasteiger charge is -2.05. The van der Waals surface area contributed by atoms with E-state index in [0.717, 1.165) is 0 Å². The van der Waals surface area contributed by atoms with E-state index in [1.54, 1.807) is 42.5 Å². The number of rotatable bonds is 5. The number of halogens is 5. The summed E-state index contributed by atoms with van der Waals surface area (Å²) >= 11 is 31.8. The van der Waals surface area contributed by atoms with Crippen molar-refractivity contribution in [1.29, 1.82) is 0 Å². The van der Waals surface area contributed by atoms with Crippen LogP contribution in [0.25, 0.3) is 45.6 Å². The fourth-order valence-electron chi connectivity index (χ4n) is 3.72. The van der Waals surface area contributed by atoms with Gasteiger partial charge in [-0.25, -0.2) is 9.78 Å². The molecule has 2 aromatic carbocycles. The number of hydrogen-bond acceptors (Lipinski definition) is 7. The van der Waals surface area contributed by atoms with Gasteiger partial charge in [-0.15, -0.1) is 0 Å². The molecule has 0 radical (unpaired) electrons. The van der Waals surface area contributed by atoms with Crippen molar-refractivity contribution >= 4 is 87.1 Å². The van der Waals surface area contributed by atoms with E-state index in [1.165, 1.54) is 19.4 Å². The van der Waals surface area contributed by atoms with Crippen LogP contribution in [0.3, 0.4) is 0 Å². The average Bonchev–Trinajstić information content (AvgIpc) is 3.49. The van der Waals surface area contributed by atoms with Crippen molar-refractivity contribution in [3.8, 4) is 22.5 Å². The Morgan fingerprint density at radius 3 is 2.00 bits per heavy atom. The van der Waals surface area contributed by atoms with Crippen molar-refractivity contribution in [2.75, 3.05) is 7.11 Å². The first-order chi connectivity index (χ1) is 17.8. The molecule has 37 heavy (non-hydrogen) atoms. The van der Waals surface area contributed by atoms with Crippen molar-refractivity contribution in [2.24, 2.45) is 0 Å². The van der Waals surface area contributed by atoms with Gasteiger partial charge in [0.15, 0.2) is 11.3 Å². The monoisotopic (exact) mass is 593 g/mol. The Morgan fingerprint density at radius 1 is 0.838 bits per heavy atom. The van der Waals surface area contributed by atoms with Crippen LogP contribution in [-0.4, -0.2) is 28.4 Å². The maximum absolute atomic E-state index is 12.7. The smallest absolute Gasteiger partial charge is 0.344 e. The number of esters is 1. The van der Waals surface area contributed by atoms with Crippen LogP contribution in [0.15, 0.2) is 51.6 Å². The topological polar surface area (TPSA) is 91.2 Å². The fraction of sp³-hybridized carbons (Fsp3) is 0.0400. The summed E-state index contributed by atoms with van der Waals surface area (Å²) in [6.07, 6.45) is 4.58. The van der Waals surface area contributed by atoms with E-state index in [1.807, 2.05) is 0 Å². The number of methoxy groups -OCH3 is 1. The summed E-state index contributed by atoms with van der Waals surface area (Å²) in [7, 11) is 1.24. The highest BCUT2D eigenvalue weighted by molar-refractivity contribution is 6.41. The first-order valence-electron chi connectivity index (χ1n) is 10.4. The number of benzene rings is 2. The summed E-state index contributed by atoms with van der Waals surface area (Å²) in [5.74, 6) is -0.601. The number of hydrogen-bond donors (Lipinski definition) is 0. The molecule has 0 unspecified atom stereocenters. The Morgan fingerprint density at radius 2 is 1.41 bits per heavy atom. The van der Waals surface area contributed by atoms with Crippen LogP contribution >= 0.6 is 58.0 Å².